The number of hydrogen-bond acceptors (Lipinski definition) is 6. The van der Waals surface area contributed by atoms with Crippen molar-refractivity contribution in [3.8, 4) is 11.5 Å². The molecule has 0 aromatic heterocycles. The summed E-state index contributed by atoms with van der Waals surface area (Å²) in [5, 5.41) is 6.38. The molecule has 9 heteroatoms. The Balaban J connectivity index is 0.00000420. The van der Waals surface area contributed by atoms with Gasteiger partial charge in [0.25, 0.3) is 0 Å². The Labute approximate surface area is 190 Å². The summed E-state index contributed by atoms with van der Waals surface area (Å²) in [4.78, 5) is 18.3. The fraction of sp³-hybridized carbons (Fsp3) is 0.600. The maximum Gasteiger partial charge on any atom is 0.325 e. The molecule has 1 aliphatic heterocycles. The summed E-state index contributed by atoms with van der Waals surface area (Å²) < 4.78 is 16.0. The van der Waals surface area contributed by atoms with Crippen LogP contribution in [0.1, 0.15) is 27.2 Å². The Kier molecular flexibility index (Phi) is 9.81. The van der Waals surface area contributed by atoms with Gasteiger partial charge in [0, 0.05) is 50.1 Å². The molecule has 29 heavy (non-hydrogen) atoms. The second kappa shape index (κ2) is 11.3. The number of carbonyl (C=O) groups excluding carboxylic acids is 1. The van der Waals surface area contributed by atoms with Gasteiger partial charge in [-0.25, -0.2) is 0 Å². The Morgan fingerprint density at radius 3 is 2.34 bits per heavy atom. The third kappa shape index (κ3) is 8.15. The monoisotopic (exact) mass is 520 g/mol. The Morgan fingerprint density at radius 1 is 1.21 bits per heavy atom. The SMILES string of the molecule is CN=C(NCC(=O)OC(C)(C)C)NC1CCN(c2cc(OC)cc(OC)c2)C1.I. The molecule has 1 atom stereocenters. The van der Waals surface area contributed by atoms with Crippen LogP contribution in [0.5, 0.6) is 11.5 Å². The lowest BCUT2D eigenvalue weighted by Gasteiger charge is -2.22. The fourth-order valence-electron chi connectivity index (χ4n) is 3.01. The van der Waals surface area contributed by atoms with E-state index < -0.39 is 5.60 Å². The molecule has 2 rings (SSSR count). The number of rotatable bonds is 6. The second-order valence-electron chi connectivity index (χ2n) is 7.66. The minimum Gasteiger partial charge on any atom is -0.497 e. The van der Waals surface area contributed by atoms with Crippen molar-refractivity contribution in [2.45, 2.75) is 38.8 Å². The van der Waals surface area contributed by atoms with Crippen molar-refractivity contribution >= 4 is 41.6 Å². The van der Waals surface area contributed by atoms with Crippen LogP contribution >= 0.6 is 24.0 Å². The van der Waals surface area contributed by atoms with Crippen LogP contribution in [0.15, 0.2) is 23.2 Å². The van der Waals surface area contributed by atoms with Gasteiger partial charge in [-0.2, -0.15) is 0 Å². The van der Waals surface area contributed by atoms with Gasteiger partial charge in [-0.15, -0.1) is 24.0 Å². The van der Waals surface area contributed by atoms with Crippen molar-refractivity contribution in [1.82, 2.24) is 10.6 Å². The summed E-state index contributed by atoms with van der Waals surface area (Å²) in [7, 11) is 4.98. The Bertz CT molecular complexity index is 684. The van der Waals surface area contributed by atoms with Crippen LogP contribution in [0.25, 0.3) is 0 Å². The molecule has 1 aliphatic rings. The van der Waals surface area contributed by atoms with Crippen LogP contribution in [-0.2, 0) is 9.53 Å². The largest absolute Gasteiger partial charge is 0.497 e. The topological polar surface area (TPSA) is 84.4 Å². The van der Waals surface area contributed by atoms with Crippen LogP contribution in [0.4, 0.5) is 5.69 Å². The highest BCUT2D eigenvalue weighted by Gasteiger charge is 2.25. The highest BCUT2D eigenvalue weighted by Crippen LogP contribution is 2.30. The van der Waals surface area contributed by atoms with Crippen LogP contribution in [0, 0.1) is 0 Å². The van der Waals surface area contributed by atoms with E-state index in [0.29, 0.717) is 5.96 Å². The molecule has 1 saturated heterocycles. The zero-order valence-corrected chi connectivity index (χ0v) is 20.4. The molecule has 1 fully saturated rings. The highest BCUT2D eigenvalue weighted by atomic mass is 127. The number of carbonyl (C=O) groups is 1. The first-order valence-electron chi connectivity index (χ1n) is 9.41. The number of aliphatic imine (C=N–C) groups is 1. The van der Waals surface area contributed by atoms with E-state index in [4.69, 9.17) is 14.2 Å². The summed E-state index contributed by atoms with van der Waals surface area (Å²) in [6.07, 6.45) is 0.951. The van der Waals surface area contributed by atoms with E-state index >= 15 is 0 Å². The number of halogens is 1. The lowest BCUT2D eigenvalue weighted by atomic mass is 10.2. The van der Waals surface area contributed by atoms with Crippen LogP contribution in [0.2, 0.25) is 0 Å². The molecule has 0 aliphatic carbocycles. The van der Waals surface area contributed by atoms with E-state index in [-0.39, 0.29) is 42.5 Å². The minimum atomic E-state index is -0.501. The summed E-state index contributed by atoms with van der Waals surface area (Å²) in [6, 6.07) is 6.07. The number of hydrogen-bond donors (Lipinski definition) is 2. The van der Waals surface area contributed by atoms with Gasteiger partial charge in [0.2, 0.25) is 0 Å². The standard InChI is InChI=1S/C20H32N4O4.HI/c1-20(2,3)28-18(25)12-22-19(21-4)23-14-7-8-24(13-14)15-9-16(26-5)11-17(10-15)27-6;/h9-11,14H,7-8,12-13H2,1-6H3,(H2,21,22,23);1H. The van der Waals surface area contributed by atoms with Crippen molar-refractivity contribution in [3.63, 3.8) is 0 Å². The van der Waals surface area contributed by atoms with Crippen molar-refractivity contribution < 1.29 is 19.0 Å². The van der Waals surface area contributed by atoms with E-state index in [9.17, 15) is 4.79 Å². The zero-order valence-electron chi connectivity index (χ0n) is 18.1. The van der Waals surface area contributed by atoms with E-state index in [0.717, 1.165) is 36.7 Å². The number of nitrogens with one attached hydrogen (secondary N) is 2. The normalized spacial score (nSPS) is 16.7. The summed E-state index contributed by atoms with van der Waals surface area (Å²) in [5.74, 6) is 1.80. The van der Waals surface area contributed by atoms with E-state index in [2.05, 4.69) is 20.5 Å². The number of guanidine groups is 1. The Hall–Kier alpha value is -1.91. The van der Waals surface area contributed by atoms with Gasteiger partial charge in [0.05, 0.1) is 14.2 Å². The molecule has 0 radical (unpaired) electrons. The van der Waals surface area contributed by atoms with Crippen molar-refractivity contribution in [3.05, 3.63) is 18.2 Å². The fourth-order valence-corrected chi connectivity index (χ4v) is 3.01. The number of methoxy groups -OCH3 is 2. The molecule has 0 spiro atoms. The van der Waals surface area contributed by atoms with Gasteiger partial charge < -0.3 is 29.7 Å². The van der Waals surface area contributed by atoms with Crippen LogP contribution in [0.3, 0.4) is 0 Å². The number of ether oxygens (including phenoxy) is 3. The number of anilines is 1. The Morgan fingerprint density at radius 2 is 1.83 bits per heavy atom. The smallest absolute Gasteiger partial charge is 0.325 e. The van der Waals surface area contributed by atoms with Crippen molar-refractivity contribution in [2.75, 3.05) is 45.8 Å². The number of esters is 1. The van der Waals surface area contributed by atoms with Crippen molar-refractivity contribution in [2.24, 2.45) is 4.99 Å². The lowest BCUT2D eigenvalue weighted by molar-refractivity contribution is -0.153. The van der Waals surface area contributed by atoms with Crippen molar-refractivity contribution in [1.29, 1.82) is 0 Å². The third-order valence-electron chi connectivity index (χ3n) is 4.27. The molecular weight excluding hydrogens is 487 g/mol. The lowest BCUT2D eigenvalue weighted by Crippen LogP contribution is -2.46. The van der Waals surface area contributed by atoms with E-state index in [1.54, 1.807) is 21.3 Å². The van der Waals surface area contributed by atoms with Gasteiger partial charge in [-0.1, -0.05) is 0 Å². The maximum atomic E-state index is 11.9. The quantitative estimate of drug-likeness (QED) is 0.258. The predicted molar refractivity (Wildman–Crippen MR) is 126 cm³/mol. The molecule has 8 nitrogen and oxygen atoms in total. The molecule has 1 heterocycles. The molecule has 1 unspecified atom stereocenters. The molecule has 0 amide bonds. The number of benzene rings is 1. The highest BCUT2D eigenvalue weighted by molar-refractivity contribution is 14.0. The maximum absolute atomic E-state index is 11.9. The third-order valence-corrected chi connectivity index (χ3v) is 4.27. The molecule has 164 valence electrons. The summed E-state index contributed by atoms with van der Waals surface area (Å²) in [6.45, 7) is 7.32. The molecular formula is C20H33IN4O4. The van der Waals surface area contributed by atoms with Gasteiger partial charge in [-0.05, 0) is 27.2 Å². The zero-order chi connectivity index (χ0) is 20.7. The average molecular weight is 520 g/mol. The van der Waals surface area contributed by atoms with Gasteiger partial charge >= 0.3 is 5.97 Å². The second-order valence-corrected chi connectivity index (χ2v) is 7.66. The van der Waals surface area contributed by atoms with E-state index in [1.165, 1.54) is 0 Å². The summed E-state index contributed by atoms with van der Waals surface area (Å²) >= 11 is 0. The van der Waals surface area contributed by atoms with Crippen LogP contribution in [-0.4, -0.2) is 64.5 Å². The molecule has 1 aromatic carbocycles. The van der Waals surface area contributed by atoms with Gasteiger partial charge in [0.1, 0.15) is 23.6 Å². The van der Waals surface area contributed by atoms with Gasteiger partial charge in [-0.3, -0.25) is 9.79 Å². The molecule has 0 saturated carbocycles. The molecule has 1 aromatic rings. The molecule has 0 bridgehead atoms. The van der Waals surface area contributed by atoms with E-state index in [1.807, 2.05) is 39.0 Å². The number of nitrogens with zero attached hydrogens (tertiary/aromatic N) is 2. The first-order valence-corrected chi connectivity index (χ1v) is 9.41. The minimum absolute atomic E-state index is 0. The first-order chi connectivity index (χ1) is 13.2. The van der Waals surface area contributed by atoms with Gasteiger partial charge in [0.15, 0.2) is 5.96 Å². The molecule has 2 N–H and O–H groups in total. The summed E-state index contributed by atoms with van der Waals surface area (Å²) in [5.41, 5.74) is 0.552. The first kappa shape index (κ1) is 25.1. The average Bonchev–Trinajstić information content (AvgIpc) is 3.11. The van der Waals surface area contributed by atoms with Crippen LogP contribution < -0.4 is 25.0 Å². The predicted octanol–water partition coefficient (Wildman–Crippen LogP) is 2.41.